The molecule has 18 heavy (non-hydrogen) atoms. The third-order valence-electron chi connectivity index (χ3n) is 2.41. The third kappa shape index (κ3) is 7.53. The Hall–Kier alpha value is -0.780. The summed E-state index contributed by atoms with van der Waals surface area (Å²) in [6, 6.07) is 7.21. The van der Waals surface area contributed by atoms with Gasteiger partial charge in [0, 0.05) is 5.02 Å². The molecule has 0 spiro atoms. The number of nitrogens with two attached hydrogens (primary N) is 1. The van der Waals surface area contributed by atoms with Gasteiger partial charge in [0.15, 0.2) is 0 Å². The van der Waals surface area contributed by atoms with Crippen LogP contribution in [0.3, 0.4) is 0 Å². The van der Waals surface area contributed by atoms with Crippen molar-refractivity contribution in [2.24, 2.45) is 5.14 Å². The monoisotopic (exact) mass is 291 g/mol. The summed E-state index contributed by atoms with van der Waals surface area (Å²) in [4.78, 5) is 0. The van der Waals surface area contributed by atoms with Gasteiger partial charge in [-0.1, -0.05) is 24.4 Å². The predicted molar refractivity (Wildman–Crippen MR) is 73.4 cm³/mol. The van der Waals surface area contributed by atoms with Gasteiger partial charge in [0.1, 0.15) is 5.75 Å². The molecule has 1 aromatic rings. The number of sulfonamides is 1. The van der Waals surface area contributed by atoms with Crippen molar-refractivity contribution >= 4 is 21.6 Å². The van der Waals surface area contributed by atoms with Gasteiger partial charge in [-0.2, -0.15) is 0 Å². The molecule has 0 saturated heterocycles. The van der Waals surface area contributed by atoms with E-state index >= 15 is 0 Å². The summed E-state index contributed by atoms with van der Waals surface area (Å²) in [6.45, 7) is 0.622. The van der Waals surface area contributed by atoms with Crippen molar-refractivity contribution in [1.29, 1.82) is 0 Å². The number of hydrogen-bond donors (Lipinski definition) is 1. The van der Waals surface area contributed by atoms with Crippen LogP contribution in [0.1, 0.15) is 25.7 Å². The van der Waals surface area contributed by atoms with Crippen molar-refractivity contribution < 1.29 is 13.2 Å². The van der Waals surface area contributed by atoms with Crippen molar-refractivity contribution in [2.45, 2.75) is 25.7 Å². The number of hydrogen-bond acceptors (Lipinski definition) is 3. The first-order valence-corrected chi connectivity index (χ1v) is 7.95. The zero-order valence-corrected chi connectivity index (χ0v) is 11.7. The van der Waals surface area contributed by atoms with E-state index < -0.39 is 10.0 Å². The smallest absolute Gasteiger partial charge is 0.209 e. The van der Waals surface area contributed by atoms with Crippen LogP contribution in [0, 0.1) is 0 Å². The summed E-state index contributed by atoms with van der Waals surface area (Å²) in [5.74, 6) is 0.856. The van der Waals surface area contributed by atoms with Crippen molar-refractivity contribution in [3.63, 3.8) is 0 Å². The molecule has 1 aromatic carbocycles. The number of ether oxygens (including phenoxy) is 1. The molecule has 0 unspecified atom stereocenters. The molecule has 0 fully saturated rings. The van der Waals surface area contributed by atoms with Crippen LogP contribution < -0.4 is 9.88 Å². The fraction of sp³-hybridized carbons (Fsp3) is 0.500. The maximum absolute atomic E-state index is 10.7. The summed E-state index contributed by atoms with van der Waals surface area (Å²) < 4.78 is 26.9. The van der Waals surface area contributed by atoms with E-state index in [4.69, 9.17) is 21.5 Å². The fourth-order valence-electron chi connectivity index (χ4n) is 1.48. The summed E-state index contributed by atoms with van der Waals surface area (Å²) in [6.07, 6.45) is 3.29. The lowest BCUT2D eigenvalue weighted by atomic mass is 10.2. The topological polar surface area (TPSA) is 69.4 Å². The Morgan fingerprint density at radius 3 is 2.28 bits per heavy atom. The average molecular weight is 292 g/mol. The van der Waals surface area contributed by atoms with E-state index in [9.17, 15) is 8.42 Å². The third-order valence-corrected chi connectivity index (χ3v) is 3.52. The normalized spacial score (nSPS) is 11.4. The second-order valence-electron chi connectivity index (χ2n) is 4.08. The molecule has 0 heterocycles. The van der Waals surface area contributed by atoms with Crippen LogP contribution in [-0.4, -0.2) is 20.8 Å². The number of rotatable bonds is 8. The zero-order valence-electron chi connectivity index (χ0n) is 10.1. The van der Waals surface area contributed by atoms with Crippen LogP contribution in [0.15, 0.2) is 24.3 Å². The van der Waals surface area contributed by atoms with Crippen molar-refractivity contribution in [2.75, 3.05) is 12.4 Å². The first kappa shape index (κ1) is 15.3. The quantitative estimate of drug-likeness (QED) is 0.748. The van der Waals surface area contributed by atoms with E-state index in [0.29, 0.717) is 18.1 Å². The molecule has 0 bridgehead atoms. The predicted octanol–water partition coefficient (Wildman–Crippen LogP) is 2.57. The minimum atomic E-state index is -3.31. The highest BCUT2D eigenvalue weighted by molar-refractivity contribution is 7.89. The lowest BCUT2D eigenvalue weighted by molar-refractivity contribution is 0.305. The first-order valence-electron chi connectivity index (χ1n) is 5.86. The Kier molecular flexibility index (Phi) is 6.46. The van der Waals surface area contributed by atoms with E-state index in [0.717, 1.165) is 25.0 Å². The van der Waals surface area contributed by atoms with E-state index in [-0.39, 0.29) is 5.75 Å². The molecule has 0 aromatic heterocycles. The highest BCUT2D eigenvalue weighted by Gasteiger charge is 2.01. The lowest BCUT2D eigenvalue weighted by Crippen LogP contribution is -2.16. The Balaban J connectivity index is 2.04. The van der Waals surface area contributed by atoms with Crippen LogP contribution in [-0.2, 0) is 10.0 Å². The maximum Gasteiger partial charge on any atom is 0.209 e. The van der Waals surface area contributed by atoms with Gasteiger partial charge >= 0.3 is 0 Å². The minimum Gasteiger partial charge on any atom is -0.494 e. The highest BCUT2D eigenvalue weighted by Crippen LogP contribution is 2.15. The Bertz CT molecular complexity index is 445. The second-order valence-corrected chi connectivity index (χ2v) is 6.25. The molecule has 2 N–H and O–H groups in total. The van der Waals surface area contributed by atoms with Crippen LogP contribution in [0.25, 0.3) is 0 Å². The average Bonchev–Trinajstić information content (AvgIpc) is 2.29. The molecule has 102 valence electrons. The van der Waals surface area contributed by atoms with Crippen molar-refractivity contribution in [1.82, 2.24) is 0 Å². The van der Waals surface area contributed by atoms with Gasteiger partial charge in [-0.15, -0.1) is 0 Å². The number of benzene rings is 1. The molecule has 0 atom stereocenters. The van der Waals surface area contributed by atoms with Gasteiger partial charge in [0.25, 0.3) is 0 Å². The molecule has 1 rings (SSSR count). The SMILES string of the molecule is NS(=O)(=O)CCCCCCOc1ccc(Cl)cc1. The number of unbranched alkanes of at least 4 members (excludes halogenated alkanes) is 3. The molecule has 0 radical (unpaired) electrons. The Labute approximate surface area is 113 Å². The molecule has 6 heteroatoms. The van der Waals surface area contributed by atoms with Gasteiger partial charge < -0.3 is 4.74 Å². The van der Waals surface area contributed by atoms with Crippen LogP contribution >= 0.6 is 11.6 Å². The first-order chi connectivity index (χ1) is 8.47. The molecular formula is C12H18ClNO3S. The van der Waals surface area contributed by atoms with Gasteiger partial charge in [-0.05, 0) is 37.1 Å². The Morgan fingerprint density at radius 1 is 1.06 bits per heavy atom. The molecule has 4 nitrogen and oxygen atoms in total. The van der Waals surface area contributed by atoms with Crippen LogP contribution in [0.2, 0.25) is 5.02 Å². The lowest BCUT2D eigenvalue weighted by Gasteiger charge is -2.05. The number of halogens is 1. The van der Waals surface area contributed by atoms with E-state index in [2.05, 4.69) is 0 Å². The van der Waals surface area contributed by atoms with Gasteiger partial charge in [0.05, 0.1) is 12.4 Å². The highest BCUT2D eigenvalue weighted by atomic mass is 35.5. The molecule has 0 aliphatic heterocycles. The van der Waals surface area contributed by atoms with Crippen molar-refractivity contribution in [3.05, 3.63) is 29.3 Å². The molecule has 0 aliphatic carbocycles. The maximum atomic E-state index is 10.7. The van der Waals surface area contributed by atoms with Crippen LogP contribution in [0.5, 0.6) is 5.75 Å². The van der Waals surface area contributed by atoms with Gasteiger partial charge in [-0.3, -0.25) is 0 Å². The Morgan fingerprint density at radius 2 is 1.67 bits per heavy atom. The van der Waals surface area contributed by atoms with Gasteiger partial charge in [0.2, 0.25) is 10.0 Å². The van der Waals surface area contributed by atoms with Gasteiger partial charge in [-0.25, -0.2) is 13.6 Å². The van der Waals surface area contributed by atoms with E-state index in [1.54, 1.807) is 12.1 Å². The number of primary sulfonamides is 1. The standard InChI is InChI=1S/C12H18ClNO3S/c13-11-5-7-12(8-6-11)17-9-3-1-2-4-10-18(14,15)16/h5-8H,1-4,9-10H2,(H2,14,15,16). The fourth-order valence-corrected chi connectivity index (χ4v) is 2.21. The minimum absolute atomic E-state index is 0.0606. The van der Waals surface area contributed by atoms with E-state index in [1.807, 2.05) is 12.1 Å². The van der Waals surface area contributed by atoms with Crippen LogP contribution in [0.4, 0.5) is 0 Å². The largest absolute Gasteiger partial charge is 0.494 e. The second kappa shape index (κ2) is 7.61. The summed E-state index contributed by atoms with van der Waals surface area (Å²) >= 11 is 5.75. The molecule has 0 aliphatic rings. The summed E-state index contributed by atoms with van der Waals surface area (Å²) in [5.41, 5.74) is 0. The molecule has 0 saturated carbocycles. The van der Waals surface area contributed by atoms with E-state index in [1.165, 1.54) is 0 Å². The summed E-state index contributed by atoms with van der Waals surface area (Å²) in [7, 11) is -3.31. The summed E-state index contributed by atoms with van der Waals surface area (Å²) in [5, 5.41) is 5.59. The molecule has 0 amide bonds. The zero-order chi connectivity index (χ0) is 13.4. The van der Waals surface area contributed by atoms with Crippen molar-refractivity contribution in [3.8, 4) is 5.75 Å². The molecular weight excluding hydrogens is 274 g/mol.